The molecule has 104 valence electrons. The zero-order valence-electron chi connectivity index (χ0n) is 10.9. The Morgan fingerprint density at radius 1 is 1.32 bits per heavy atom. The number of carbonyl (C=O) groups excluding carboxylic acids is 1. The van der Waals surface area contributed by atoms with Crippen LogP contribution in [0.5, 0.6) is 0 Å². The van der Waals surface area contributed by atoms with Gasteiger partial charge >= 0.3 is 6.18 Å². The maximum absolute atomic E-state index is 13.1. The van der Waals surface area contributed by atoms with Crippen LogP contribution in [-0.4, -0.2) is 18.9 Å². The van der Waals surface area contributed by atoms with E-state index in [4.69, 9.17) is 0 Å². The van der Waals surface area contributed by atoms with Gasteiger partial charge in [0.25, 0.3) is 0 Å². The Balaban J connectivity index is 2.48. The molecule has 1 aliphatic rings. The van der Waals surface area contributed by atoms with Gasteiger partial charge in [-0.25, -0.2) is 0 Å². The fourth-order valence-corrected chi connectivity index (χ4v) is 2.74. The van der Waals surface area contributed by atoms with E-state index in [-0.39, 0.29) is 17.3 Å². The first kappa shape index (κ1) is 13.9. The SMILES string of the molecule is CC1CC(C)N(c2ccc(C=O)cc2C(F)(F)F)C1. The van der Waals surface area contributed by atoms with Crippen molar-refractivity contribution >= 4 is 12.0 Å². The molecule has 0 bridgehead atoms. The van der Waals surface area contributed by atoms with Gasteiger partial charge in [0.15, 0.2) is 0 Å². The second-order valence-corrected chi connectivity index (χ2v) is 5.23. The monoisotopic (exact) mass is 271 g/mol. The Hall–Kier alpha value is -1.52. The molecule has 0 aromatic heterocycles. The van der Waals surface area contributed by atoms with Gasteiger partial charge in [0.1, 0.15) is 6.29 Å². The van der Waals surface area contributed by atoms with Crippen LogP contribution < -0.4 is 4.90 Å². The summed E-state index contributed by atoms with van der Waals surface area (Å²) in [6, 6.07) is 3.85. The Morgan fingerprint density at radius 3 is 2.47 bits per heavy atom. The van der Waals surface area contributed by atoms with Crippen LogP contribution in [0.3, 0.4) is 0 Å². The molecule has 0 saturated carbocycles. The third-order valence-electron chi connectivity index (χ3n) is 3.56. The fourth-order valence-electron chi connectivity index (χ4n) is 2.74. The summed E-state index contributed by atoms with van der Waals surface area (Å²) < 4.78 is 39.3. The van der Waals surface area contributed by atoms with E-state index in [1.165, 1.54) is 12.1 Å². The van der Waals surface area contributed by atoms with E-state index < -0.39 is 11.7 Å². The van der Waals surface area contributed by atoms with Crippen LogP contribution in [-0.2, 0) is 6.18 Å². The Morgan fingerprint density at radius 2 is 2.00 bits per heavy atom. The van der Waals surface area contributed by atoms with Crippen molar-refractivity contribution in [1.82, 2.24) is 0 Å². The van der Waals surface area contributed by atoms with Crippen molar-refractivity contribution in [2.75, 3.05) is 11.4 Å². The van der Waals surface area contributed by atoms with Crippen molar-refractivity contribution < 1.29 is 18.0 Å². The maximum atomic E-state index is 13.1. The van der Waals surface area contributed by atoms with Gasteiger partial charge in [0.05, 0.1) is 5.56 Å². The molecule has 1 aromatic rings. The summed E-state index contributed by atoms with van der Waals surface area (Å²) in [6.45, 7) is 4.57. The number of benzene rings is 1. The smallest absolute Gasteiger partial charge is 0.368 e. The van der Waals surface area contributed by atoms with E-state index in [1.807, 2.05) is 13.8 Å². The van der Waals surface area contributed by atoms with E-state index in [2.05, 4.69) is 0 Å². The number of alkyl halides is 3. The standard InChI is InChI=1S/C14H16F3NO/c1-9-5-10(2)18(7-9)13-4-3-11(8-19)6-12(13)14(15,16)17/h3-4,6,8-10H,5,7H2,1-2H3. The molecule has 1 aliphatic heterocycles. The van der Waals surface area contributed by atoms with Crippen LogP contribution in [0.15, 0.2) is 18.2 Å². The molecular formula is C14H16F3NO. The summed E-state index contributed by atoms with van der Waals surface area (Å²) in [5.41, 5.74) is -0.496. The van der Waals surface area contributed by atoms with Crippen LogP contribution in [0.1, 0.15) is 36.2 Å². The van der Waals surface area contributed by atoms with E-state index in [9.17, 15) is 18.0 Å². The summed E-state index contributed by atoms with van der Waals surface area (Å²) >= 11 is 0. The Labute approximate surface area is 110 Å². The summed E-state index contributed by atoms with van der Waals surface area (Å²) in [4.78, 5) is 12.4. The van der Waals surface area contributed by atoms with Crippen molar-refractivity contribution in [2.24, 2.45) is 5.92 Å². The molecule has 0 N–H and O–H groups in total. The number of carbonyl (C=O) groups is 1. The highest BCUT2D eigenvalue weighted by Crippen LogP contribution is 2.40. The van der Waals surface area contributed by atoms with Gasteiger partial charge in [-0.2, -0.15) is 13.2 Å². The Kier molecular flexibility index (Phi) is 3.56. The van der Waals surface area contributed by atoms with Crippen molar-refractivity contribution in [2.45, 2.75) is 32.5 Å². The first-order valence-electron chi connectivity index (χ1n) is 6.26. The first-order chi connectivity index (χ1) is 8.82. The molecule has 1 saturated heterocycles. The number of aldehydes is 1. The van der Waals surface area contributed by atoms with Gasteiger partial charge in [-0.05, 0) is 37.5 Å². The molecule has 2 rings (SSSR count). The van der Waals surface area contributed by atoms with Crippen LogP contribution >= 0.6 is 0 Å². The molecular weight excluding hydrogens is 255 g/mol. The average Bonchev–Trinajstić information content (AvgIpc) is 2.66. The van der Waals surface area contributed by atoms with Crippen LogP contribution in [0, 0.1) is 5.92 Å². The lowest BCUT2D eigenvalue weighted by Gasteiger charge is -2.27. The van der Waals surface area contributed by atoms with Gasteiger partial charge in [-0.3, -0.25) is 4.79 Å². The van der Waals surface area contributed by atoms with Gasteiger partial charge < -0.3 is 4.90 Å². The number of hydrogen-bond acceptors (Lipinski definition) is 2. The van der Waals surface area contributed by atoms with Gasteiger partial charge in [-0.1, -0.05) is 6.92 Å². The number of halogens is 3. The predicted octanol–water partition coefficient (Wildman–Crippen LogP) is 3.75. The quantitative estimate of drug-likeness (QED) is 0.763. The molecule has 1 heterocycles. The molecule has 2 unspecified atom stereocenters. The molecule has 2 nitrogen and oxygen atoms in total. The van der Waals surface area contributed by atoms with E-state index in [1.54, 1.807) is 4.90 Å². The van der Waals surface area contributed by atoms with Crippen molar-refractivity contribution in [3.05, 3.63) is 29.3 Å². The number of anilines is 1. The minimum absolute atomic E-state index is 0.0518. The van der Waals surface area contributed by atoms with E-state index in [0.717, 1.165) is 12.5 Å². The topological polar surface area (TPSA) is 20.3 Å². The lowest BCUT2D eigenvalue weighted by molar-refractivity contribution is -0.137. The van der Waals surface area contributed by atoms with Gasteiger partial charge in [0.2, 0.25) is 0 Å². The molecule has 0 radical (unpaired) electrons. The molecule has 2 atom stereocenters. The number of nitrogens with zero attached hydrogens (tertiary/aromatic N) is 1. The van der Waals surface area contributed by atoms with Crippen molar-refractivity contribution in [3.8, 4) is 0 Å². The van der Waals surface area contributed by atoms with Gasteiger partial charge in [0, 0.05) is 23.8 Å². The third kappa shape index (κ3) is 2.74. The normalized spacial score (nSPS) is 23.7. The second-order valence-electron chi connectivity index (χ2n) is 5.23. The second kappa shape index (κ2) is 4.87. The highest BCUT2D eigenvalue weighted by molar-refractivity contribution is 5.77. The summed E-state index contributed by atoms with van der Waals surface area (Å²) in [6.07, 6.45) is -3.12. The molecule has 0 amide bonds. The zero-order chi connectivity index (χ0) is 14.2. The van der Waals surface area contributed by atoms with Crippen LogP contribution in [0.4, 0.5) is 18.9 Å². The number of hydrogen-bond donors (Lipinski definition) is 0. The zero-order valence-corrected chi connectivity index (χ0v) is 10.9. The van der Waals surface area contributed by atoms with E-state index >= 15 is 0 Å². The van der Waals surface area contributed by atoms with E-state index in [0.29, 0.717) is 18.7 Å². The molecule has 19 heavy (non-hydrogen) atoms. The van der Waals surface area contributed by atoms with Gasteiger partial charge in [-0.15, -0.1) is 0 Å². The minimum Gasteiger partial charge on any atom is -0.368 e. The lowest BCUT2D eigenvalue weighted by Crippen LogP contribution is -2.29. The highest BCUT2D eigenvalue weighted by Gasteiger charge is 2.37. The molecule has 0 aliphatic carbocycles. The summed E-state index contributed by atoms with van der Waals surface area (Å²) in [7, 11) is 0. The maximum Gasteiger partial charge on any atom is 0.418 e. The lowest BCUT2D eigenvalue weighted by atomic mass is 10.1. The van der Waals surface area contributed by atoms with Crippen LogP contribution in [0.25, 0.3) is 0 Å². The largest absolute Gasteiger partial charge is 0.418 e. The molecule has 1 aromatic carbocycles. The van der Waals surface area contributed by atoms with Crippen molar-refractivity contribution in [3.63, 3.8) is 0 Å². The van der Waals surface area contributed by atoms with Crippen LogP contribution in [0.2, 0.25) is 0 Å². The first-order valence-corrected chi connectivity index (χ1v) is 6.26. The molecule has 5 heteroatoms. The summed E-state index contributed by atoms with van der Waals surface area (Å²) in [5.74, 6) is 0.377. The summed E-state index contributed by atoms with van der Waals surface area (Å²) in [5, 5.41) is 0. The molecule has 0 spiro atoms. The third-order valence-corrected chi connectivity index (χ3v) is 3.56. The fraction of sp³-hybridized carbons (Fsp3) is 0.500. The predicted molar refractivity (Wildman–Crippen MR) is 67.4 cm³/mol. The Bertz CT molecular complexity index is 484. The minimum atomic E-state index is -4.44. The molecule has 1 fully saturated rings. The van der Waals surface area contributed by atoms with Crippen molar-refractivity contribution in [1.29, 1.82) is 0 Å². The number of rotatable bonds is 2. The average molecular weight is 271 g/mol. The highest BCUT2D eigenvalue weighted by atomic mass is 19.4.